The summed E-state index contributed by atoms with van der Waals surface area (Å²) < 4.78 is 13.6. The molecule has 0 unspecified atom stereocenters. The van der Waals surface area contributed by atoms with Crippen LogP contribution in [0.25, 0.3) is 32.9 Å². The quantitative estimate of drug-likeness (QED) is 0.369. The number of halogens is 1. The predicted molar refractivity (Wildman–Crippen MR) is 123 cm³/mol. The minimum atomic E-state index is -0.274. The van der Waals surface area contributed by atoms with E-state index in [1.807, 2.05) is 54.6 Å². The van der Waals surface area contributed by atoms with Gasteiger partial charge in [-0.25, -0.2) is 4.39 Å². The molecule has 0 aliphatic heterocycles. The maximum absolute atomic E-state index is 13.6. The maximum Gasteiger partial charge on any atom is 0.224 e. The van der Waals surface area contributed by atoms with Crippen LogP contribution in [0, 0.1) is 5.82 Å². The standard InChI is InChI=1S/C27H21FN2O/c28-21-8-5-7-19(16-21)22-9-2-1-6-20(22)17-29-27(31)15-18-12-13-24-23-10-3-4-11-25(23)30-26(24)14-18/h1-14,16,30H,15,17H2,(H,29,31). The Morgan fingerprint density at radius 1 is 0.806 bits per heavy atom. The fourth-order valence-corrected chi connectivity index (χ4v) is 4.07. The molecule has 0 atom stereocenters. The van der Waals surface area contributed by atoms with Gasteiger partial charge < -0.3 is 10.3 Å². The zero-order chi connectivity index (χ0) is 21.2. The first-order valence-corrected chi connectivity index (χ1v) is 10.3. The molecule has 1 aromatic heterocycles. The number of carbonyl (C=O) groups excluding carboxylic acids is 1. The van der Waals surface area contributed by atoms with Crippen LogP contribution in [0.1, 0.15) is 11.1 Å². The normalized spacial score (nSPS) is 11.1. The van der Waals surface area contributed by atoms with Gasteiger partial charge in [0.15, 0.2) is 0 Å². The van der Waals surface area contributed by atoms with E-state index < -0.39 is 0 Å². The number of aromatic nitrogens is 1. The van der Waals surface area contributed by atoms with Crippen molar-refractivity contribution in [3.05, 3.63) is 108 Å². The van der Waals surface area contributed by atoms with E-state index in [1.165, 1.54) is 17.5 Å². The molecule has 0 aliphatic rings. The molecular weight excluding hydrogens is 387 g/mol. The van der Waals surface area contributed by atoms with Gasteiger partial charge in [-0.3, -0.25) is 4.79 Å². The van der Waals surface area contributed by atoms with Gasteiger partial charge in [-0.15, -0.1) is 0 Å². The molecule has 0 spiro atoms. The molecule has 4 aromatic carbocycles. The average Bonchev–Trinajstić information content (AvgIpc) is 3.15. The molecule has 0 radical (unpaired) electrons. The van der Waals surface area contributed by atoms with Crippen LogP contribution in [0.5, 0.6) is 0 Å². The number of hydrogen-bond donors (Lipinski definition) is 2. The van der Waals surface area contributed by atoms with Crippen LogP contribution in [-0.2, 0) is 17.8 Å². The second kappa shape index (κ2) is 8.07. The first-order valence-electron chi connectivity index (χ1n) is 10.3. The zero-order valence-electron chi connectivity index (χ0n) is 16.9. The summed E-state index contributed by atoms with van der Waals surface area (Å²) in [5.41, 5.74) is 5.74. The number of hydrogen-bond acceptors (Lipinski definition) is 1. The summed E-state index contributed by atoms with van der Waals surface area (Å²) in [4.78, 5) is 16.0. The molecule has 31 heavy (non-hydrogen) atoms. The Bertz CT molecular complexity index is 1400. The van der Waals surface area contributed by atoms with Gasteiger partial charge in [0.2, 0.25) is 5.91 Å². The highest BCUT2D eigenvalue weighted by molar-refractivity contribution is 6.07. The van der Waals surface area contributed by atoms with Crippen molar-refractivity contribution in [3.8, 4) is 11.1 Å². The van der Waals surface area contributed by atoms with Crippen molar-refractivity contribution in [3.63, 3.8) is 0 Å². The highest BCUT2D eigenvalue weighted by Crippen LogP contribution is 2.26. The number of para-hydroxylation sites is 1. The largest absolute Gasteiger partial charge is 0.355 e. The summed E-state index contributed by atoms with van der Waals surface area (Å²) in [7, 11) is 0. The third-order valence-electron chi connectivity index (χ3n) is 5.56. The highest BCUT2D eigenvalue weighted by atomic mass is 19.1. The SMILES string of the molecule is O=C(Cc1ccc2c(c1)[nH]c1ccccc12)NCc1ccccc1-c1cccc(F)c1. The molecule has 0 fully saturated rings. The second-order valence-corrected chi connectivity index (χ2v) is 7.67. The van der Waals surface area contributed by atoms with Crippen LogP contribution in [0.15, 0.2) is 91.0 Å². The van der Waals surface area contributed by atoms with Crippen molar-refractivity contribution in [2.75, 3.05) is 0 Å². The Kier molecular flexibility index (Phi) is 4.97. The molecule has 152 valence electrons. The van der Waals surface area contributed by atoms with Crippen LogP contribution < -0.4 is 5.32 Å². The Balaban J connectivity index is 1.31. The molecule has 0 saturated heterocycles. The molecule has 0 saturated carbocycles. The number of benzene rings is 4. The van der Waals surface area contributed by atoms with Gasteiger partial charge >= 0.3 is 0 Å². The van der Waals surface area contributed by atoms with Gasteiger partial charge in [0.25, 0.3) is 0 Å². The minimum Gasteiger partial charge on any atom is -0.355 e. The number of aromatic amines is 1. The van der Waals surface area contributed by atoms with E-state index in [9.17, 15) is 9.18 Å². The fraction of sp³-hybridized carbons (Fsp3) is 0.0741. The minimum absolute atomic E-state index is 0.0514. The lowest BCUT2D eigenvalue weighted by Gasteiger charge is -2.11. The summed E-state index contributed by atoms with van der Waals surface area (Å²) in [6.45, 7) is 0.389. The smallest absolute Gasteiger partial charge is 0.224 e. The molecular formula is C27H21FN2O. The van der Waals surface area contributed by atoms with Gasteiger partial charge in [-0.1, -0.05) is 66.7 Å². The summed E-state index contributed by atoms with van der Waals surface area (Å²) in [6.07, 6.45) is 0.299. The molecule has 2 N–H and O–H groups in total. The summed E-state index contributed by atoms with van der Waals surface area (Å²) in [5, 5.41) is 5.34. The highest BCUT2D eigenvalue weighted by Gasteiger charge is 2.10. The van der Waals surface area contributed by atoms with E-state index in [1.54, 1.807) is 6.07 Å². The number of carbonyl (C=O) groups is 1. The van der Waals surface area contributed by atoms with E-state index in [0.717, 1.165) is 38.7 Å². The van der Waals surface area contributed by atoms with Crippen LogP contribution in [0.3, 0.4) is 0 Å². The first-order chi connectivity index (χ1) is 15.2. The molecule has 1 heterocycles. The monoisotopic (exact) mass is 408 g/mol. The molecule has 4 heteroatoms. The molecule has 3 nitrogen and oxygen atoms in total. The van der Waals surface area contributed by atoms with Crippen LogP contribution in [0.4, 0.5) is 4.39 Å². The van der Waals surface area contributed by atoms with Crippen molar-refractivity contribution < 1.29 is 9.18 Å². The number of nitrogens with one attached hydrogen (secondary N) is 2. The maximum atomic E-state index is 13.6. The molecule has 5 rings (SSSR count). The topological polar surface area (TPSA) is 44.9 Å². The Morgan fingerprint density at radius 2 is 1.61 bits per heavy atom. The lowest BCUT2D eigenvalue weighted by molar-refractivity contribution is -0.120. The first kappa shape index (κ1) is 19.1. The van der Waals surface area contributed by atoms with Crippen LogP contribution in [0.2, 0.25) is 0 Å². The van der Waals surface area contributed by atoms with Crippen molar-refractivity contribution in [1.29, 1.82) is 0 Å². The fourth-order valence-electron chi connectivity index (χ4n) is 4.07. The molecule has 0 aliphatic carbocycles. The zero-order valence-corrected chi connectivity index (χ0v) is 16.9. The van der Waals surface area contributed by atoms with Crippen molar-refractivity contribution >= 4 is 27.7 Å². The van der Waals surface area contributed by atoms with Crippen molar-refractivity contribution in [2.24, 2.45) is 0 Å². The average molecular weight is 408 g/mol. The Hall–Kier alpha value is -3.92. The van der Waals surface area contributed by atoms with E-state index >= 15 is 0 Å². The van der Waals surface area contributed by atoms with E-state index in [0.29, 0.717) is 13.0 Å². The van der Waals surface area contributed by atoms with Gasteiger partial charge in [0, 0.05) is 28.4 Å². The number of H-pyrrole nitrogens is 1. The van der Waals surface area contributed by atoms with Gasteiger partial charge in [0.05, 0.1) is 6.42 Å². The summed E-state index contributed by atoms with van der Waals surface area (Å²) in [6, 6.07) is 28.5. The third kappa shape index (κ3) is 3.92. The van der Waals surface area contributed by atoms with E-state index in [-0.39, 0.29) is 11.7 Å². The van der Waals surface area contributed by atoms with Crippen LogP contribution >= 0.6 is 0 Å². The van der Waals surface area contributed by atoms with Gasteiger partial charge in [-0.05, 0) is 46.5 Å². The van der Waals surface area contributed by atoms with Crippen molar-refractivity contribution in [2.45, 2.75) is 13.0 Å². The third-order valence-corrected chi connectivity index (χ3v) is 5.56. The Morgan fingerprint density at radius 3 is 2.52 bits per heavy atom. The van der Waals surface area contributed by atoms with Gasteiger partial charge in [-0.2, -0.15) is 0 Å². The number of rotatable bonds is 5. The lowest BCUT2D eigenvalue weighted by Crippen LogP contribution is -2.24. The molecule has 1 amide bonds. The number of amides is 1. The second-order valence-electron chi connectivity index (χ2n) is 7.67. The summed E-state index contributed by atoms with van der Waals surface area (Å²) in [5.74, 6) is -0.326. The Labute approximate surface area is 179 Å². The lowest BCUT2D eigenvalue weighted by atomic mass is 9.99. The number of fused-ring (bicyclic) bond motifs is 3. The van der Waals surface area contributed by atoms with Crippen LogP contribution in [-0.4, -0.2) is 10.9 Å². The molecule has 5 aromatic rings. The van der Waals surface area contributed by atoms with Crippen molar-refractivity contribution in [1.82, 2.24) is 10.3 Å². The molecule has 0 bridgehead atoms. The van der Waals surface area contributed by atoms with E-state index in [2.05, 4.69) is 28.5 Å². The van der Waals surface area contributed by atoms with E-state index in [4.69, 9.17) is 0 Å². The predicted octanol–water partition coefficient (Wildman–Crippen LogP) is 5.99. The summed E-state index contributed by atoms with van der Waals surface area (Å²) >= 11 is 0. The van der Waals surface area contributed by atoms with Gasteiger partial charge in [0.1, 0.15) is 5.82 Å².